The van der Waals surface area contributed by atoms with Gasteiger partial charge in [0.1, 0.15) is 5.71 Å². The Morgan fingerprint density at radius 3 is 2.06 bits per heavy atom. The van der Waals surface area contributed by atoms with E-state index >= 15 is 0 Å². The van der Waals surface area contributed by atoms with Crippen molar-refractivity contribution >= 4 is 29.2 Å². The molecule has 1 aliphatic rings. The van der Waals surface area contributed by atoms with Crippen LogP contribution in [-0.2, 0) is 4.84 Å². The van der Waals surface area contributed by atoms with Crippen molar-refractivity contribution in [2.45, 2.75) is 54.7 Å². The molecular formula is C29H29NO3S. The number of nitrogens with zero attached hydrogens (tertiary/aromatic N) is 1. The van der Waals surface area contributed by atoms with Gasteiger partial charge in [-0.25, -0.2) is 4.79 Å². The fourth-order valence-electron chi connectivity index (χ4n) is 4.21. The third kappa shape index (κ3) is 6.91. The molecule has 0 N–H and O–H groups in total. The zero-order chi connectivity index (χ0) is 23.6. The van der Waals surface area contributed by atoms with Gasteiger partial charge in [-0.1, -0.05) is 85.4 Å². The molecule has 0 atom stereocenters. The summed E-state index contributed by atoms with van der Waals surface area (Å²) in [5, 5.41) is 4.06. The highest BCUT2D eigenvalue weighted by Gasteiger charge is 2.20. The van der Waals surface area contributed by atoms with E-state index in [4.69, 9.17) is 4.84 Å². The van der Waals surface area contributed by atoms with Crippen molar-refractivity contribution < 1.29 is 14.4 Å². The van der Waals surface area contributed by atoms with Crippen molar-refractivity contribution in [3.63, 3.8) is 0 Å². The molecule has 0 unspecified atom stereocenters. The molecule has 5 heteroatoms. The third-order valence-electron chi connectivity index (χ3n) is 6.12. The Balaban J connectivity index is 1.47. The van der Waals surface area contributed by atoms with Crippen molar-refractivity contribution in [2.75, 3.05) is 0 Å². The Morgan fingerprint density at radius 1 is 0.765 bits per heavy atom. The molecule has 0 heterocycles. The van der Waals surface area contributed by atoms with Crippen LogP contribution in [0.2, 0.25) is 0 Å². The van der Waals surface area contributed by atoms with Crippen LogP contribution in [0.5, 0.6) is 0 Å². The molecule has 3 aromatic carbocycles. The quantitative estimate of drug-likeness (QED) is 0.140. The maximum atomic E-state index is 13.3. The van der Waals surface area contributed by atoms with Gasteiger partial charge >= 0.3 is 5.97 Å². The van der Waals surface area contributed by atoms with E-state index in [1.165, 1.54) is 32.1 Å². The van der Waals surface area contributed by atoms with Crippen LogP contribution in [0.1, 0.15) is 65.7 Å². The molecule has 0 amide bonds. The van der Waals surface area contributed by atoms with E-state index < -0.39 is 5.97 Å². The van der Waals surface area contributed by atoms with Crippen LogP contribution < -0.4 is 0 Å². The summed E-state index contributed by atoms with van der Waals surface area (Å²) >= 11 is 1.65. The molecule has 0 radical (unpaired) electrons. The van der Waals surface area contributed by atoms with Crippen LogP contribution in [0.4, 0.5) is 0 Å². The molecule has 0 aromatic heterocycles. The Labute approximate surface area is 205 Å². The average molecular weight is 472 g/mol. The van der Waals surface area contributed by atoms with Crippen LogP contribution in [0.25, 0.3) is 0 Å². The number of ketones is 1. The zero-order valence-electron chi connectivity index (χ0n) is 19.2. The van der Waals surface area contributed by atoms with Gasteiger partial charge in [-0.3, -0.25) is 4.79 Å². The van der Waals surface area contributed by atoms with Gasteiger partial charge in [0.15, 0.2) is 0 Å². The van der Waals surface area contributed by atoms with Crippen molar-refractivity contribution in [3.8, 4) is 0 Å². The van der Waals surface area contributed by atoms with Gasteiger partial charge in [0.25, 0.3) is 0 Å². The van der Waals surface area contributed by atoms with Crippen molar-refractivity contribution in [1.29, 1.82) is 0 Å². The Hall–Kier alpha value is -3.18. The molecule has 4 rings (SSSR count). The lowest BCUT2D eigenvalue weighted by atomic mass is 9.85. The van der Waals surface area contributed by atoms with Gasteiger partial charge in [-0.2, -0.15) is 0 Å². The lowest BCUT2D eigenvalue weighted by molar-refractivity contribution is 0.0514. The zero-order valence-corrected chi connectivity index (χ0v) is 20.0. The fourth-order valence-corrected chi connectivity index (χ4v) is 5.04. The summed E-state index contributed by atoms with van der Waals surface area (Å²) in [5.74, 6) is -0.146. The second kappa shape index (κ2) is 12.3. The molecule has 0 spiro atoms. The number of carbonyl (C=O) groups is 2. The van der Waals surface area contributed by atoms with Gasteiger partial charge in [0, 0.05) is 15.4 Å². The number of benzene rings is 3. The minimum absolute atomic E-state index is 0.187. The monoisotopic (exact) mass is 471 g/mol. The summed E-state index contributed by atoms with van der Waals surface area (Å²) in [6.45, 7) is 0. The molecule has 0 saturated heterocycles. The van der Waals surface area contributed by atoms with Gasteiger partial charge in [0.05, 0.1) is 5.56 Å². The van der Waals surface area contributed by atoms with Gasteiger partial charge in [-0.05, 0) is 67.3 Å². The standard InChI is InChI=1S/C29H29NO3S/c31-28(23-17-19-26(20-18-23)34-25-14-8-3-9-15-25)27(21-16-22-10-4-1-5-11-22)30-33-29(32)24-12-6-2-7-13-24/h2-3,6-9,12-15,17-20,22H,1,4-5,10-11,16,21H2/b30-27-. The van der Waals surface area contributed by atoms with E-state index in [-0.39, 0.29) is 5.78 Å². The summed E-state index contributed by atoms with van der Waals surface area (Å²) in [6, 6.07) is 26.4. The summed E-state index contributed by atoms with van der Waals surface area (Å²) < 4.78 is 0. The number of rotatable bonds is 9. The summed E-state index contributed by atoms with van der Waals surface area (Å²) in [6.07, 6.45) is 7.55. The molecule has 1 saturated carbocycles. The fraction of sp³-hybridized carbons (Fsp3) is 0.276. The number of Topliss-reactive ketones (excluding diaryl/α,β-unsaturated/α-hetero) is 1. The van der Waals surface area contributed by atoms with E-state index in [1.54, 1.807) is 36.0 Å². The molecule has 1 aliphatic carbocycles. The first-order valence-corrected chi connectivity index (χ1v) is 12.7. The Morgan fingerprint density at radius 2 is 1.38 bits per heavy atom. The van der Waals surface area contributed by atoms with E-state index in [1.807, 2.05) is 48.5 Å². The van der Waals surface area contributed by atoms with Crippen molar-refractivity contribution in [1.82, 2.24) is 0 Å². The topological polar surface area (TPSA) is 55.7 Å². The largest absolute Gasteiger partial charge is 0.365 e. The molecule has 3 aromatic rings. The highest BCUT2D eigenvalue weighted by Crippen LogP contribution is 2.29. The minimum Gasteiger partial charge on any atom is -0.312 e. The van der Waals surface area contributed by atoms with Crippen LogP contribution >= 0.6 is 11.8 Å². The van der Waals surface area contributed by atoms with Crippen molar-refractivity contribution in [3.05, 3.63) is 96.1 Å². The van der Waals surface area contributed by atoms with Gasteiger partial charge in [0.2, 0.25) is 5.78 Å². The number of hydrogen-bond donors (Lipinski definition) is 0. The molecule has 34 heavy (non-hydrogen) atoms. The molecule has 174 valence electrons. The van der Waals surface area contributed by atoms with Crippen LogP contribution in [0, 0.1) is 5.92 Å². The van der Waals surface area contributed by atoms with Gasteiger partial charge in [-0.15, -0.1) is 0 Å². The predicted molar refractivity (Wildman–Crippen MR) is 136 cm³/mol. The predicted octanol–water partition coefficient (Wildman–Crippen LogP) is 7.59. The van der Waals surface area contributed by atoms with E-state index in [0.29, 0.717) is 29.2 Å². The first-order chi connectivity index (χ1) is 16.7. The Kier molecular flexibility index (Phi) is 8.69. The molecule has 0 aliphatic heterocycles. The maximum Gasteiger partial charge on any atom is 0.365 e. The smallest absolute Gasteiger partial charge is 0.312 e. The van der Waals surface area contributed by atoms with Crippen LogP contribution in [0.15, 0.2) is 99.9 Å². The first kappa shape index (κ1) is 24.0. The summed E-state index contributed by atoms with van der Waals surface area (Å²) in [5.41, 5.74) is 1.27. The number of hydrogen-bond acceptors (Lipinski definition) is 5. The van der Waals surface area contributed by atoms with Crippen LogP contribution in [0.3, 0.4) is 0 Å². The summed E-state index contributed by atoms with van der Waals surface area (Å²) in [7, 11) is 0. The Bertz CT molecular complexity index is 1110. The number of carbonyl (C=O) groups excluding carboxylic acids is 2. The lowest BCUT2D eigenvalue weighted by Gasteiger charge is -2.21. The highest BCUT2D eigenvalue weighted by molar-refractivity contribution is 7.99. The second-order valence-electron chi connectivity index (χ2n) is 8.59. The van der Waals surface area contributed by atoms with Gasteiger partial charge < -0.3 is 4.84 Å². The van der Waals surface area contributed by atoms with Crippen molar-refractivity contribution in [2.24, 2.45) is 11.1 Å². The molecule has 1 fully saturated rings. The summed E-state index contributed by atoms with van der Waals surface area (Å²) in [4.78, 5) is 33.1. The molecule has 4 nitrogen and oxygen atoms in total. The van der Waals surface area contributed by atoms with Crippen LogP contribution in [-0.4, -0.2) is 17.5 Å². The normalized spacial score (nSPS) is 14.5. The molecule has 0 bridgehead atoms. The number of oxime groups is 1. The van der Waals surface area contributed by atoms with E-state index in [2.05, 4.69) is 17.3 Å². The minimum atomic E-state index is -0.557. The lowest BCUT2D eigenvalue weighted by Crippen LogP contribution is -2.18. The molecular weight excluding hydrogens is 442 g/mol. The highest BCUT2D eigenvalue weighted by atomic mass is 32.2. The second-order valence-corrected chi connectivity index (χ2v) is 9.74. The third-order valence-corrected chi connectivity index (χ3v) is 7.14. The maximum absolute atomic E-state index is 13.3. The SMILES string of the molecule is O=C(O/N=C(/CCC1CCCCC1)C(=O)c1ccc(Sc2ccccc2)cc1)c1ccccc1. The first-order valence-electron chi connectivity index (χ1n) is 11.9. The average Bonchev–Trinajstić information content (AvgIpc) is 2.90. The van der Waals surface area contributed by atoms with E-state index in [9.17, 15) is 9.59 Å². The van der Waals surface area contributed by atoms with E-state index in [0.717, 1.165) is 16.2 Å².